The second-order valence-corrected chi connectivity index (χ2v) is 27.2. The molecular weight excluding hydrogens is 1050 g/mol. The molecule has 5 fully saturated rings. The molecule has 1 aliphatic heterocycles. The molecule has 2 aromatic rings. The topological polar surface area (TPSA) is 395 Å². The van der Waals surface area contributed by atoms with Gasteiger partial charge in [-0.1, -0.05) is 46.4 Å². The van der Waals surface area contributed by atoms with Crippen molar-refractivity contribution in [2.75, 3.05) is 37.8 Å². The number of phosphoric ester groups is 3. The molecular formula is C45H70N7O18P3S-4. The average molecular weight is 1120 g/mol. The minimum atomic E-state index is -5.93. The van der Waals surface area contributed by atoms with Gasteiger partial charge in [0.2, 0.25) is 11.8 Å². The maximum absolute atomic E-state index is 12.9. The van der Waals surface area contributed by atoms with Crippen molar-refractivity contribution in [3.05, 3.63) is 12.7 Å². The van der Waals surface area contributed by atoms with Gasteiger partial charge in [-0.2, -0.15) is 0 Å². The number of rotatable bonds is 23. The minimum Gasteiger partial charge on any atom is -0.790 e. The van der Waals surface area contributed by atoms with Crippen molar-refractivity contribution in [1.82, 2.24) is 30.2 Å². The van der Waals surface area contributed by atoms with Crippen molar-refractivity contribution >= 4 is 69.1 Å². The zero-order valence-corrected chi connectivity index (χ0v) is 45.7. The van der Waals surface area contributed by atoms with Crippen LogP contribution < -0.4 is 35.9 Å². The molecule has 74 heavy (non-hydrogen) atoms. The largest absolute Gasteiger partial charge is 0.790 e. The molecule has 0 bridgehead atoms. The maximum atomic E-state index is 12.9. The smallest absolute Gasteiger partial charge is 0.274 e. The lowest BCUT2D eigenvalue weighted by Gasteiger charge is -2.61. The van der Waals surface area contributed by atoms with Gasteiger partial charge in [0.25, 0.3) is 15.6 Å². The SMILES string of the molecule is C[C@H](CCC(=O)SCCNC(=O)CCNC(=O)[C@H](O)C(C)(C)COP(=O)([O-])OP(=O)([O-])OC[C@H]1O[C@@H](n2cnc3c(N)ncnc32)[C@H](O)[C@@H]1OP(=O)([O-])[O-])[C@H]1CC[C@H]2[C@@H]3CC[C@@H]4C[C@H](O)CC[C@]4(C)[C@H]3CC[C@]12C. The monoisotopic (exact) mass is 1120 g/mol. The number of aliphatic hydroxyl groups excluding tert-OH is 3. The molecule has 1 saturated heterocycles. The van der Waals surface area contributed by atoms with Crippen LogP contribution in [0.1, 0.15) is 118 Å². The minimum absolute atomic E-state index is 0.0193. The molecule has 0 radical (unpaired) electrons. The fraction of sp³-hybridized carbons (Fsp3) is 0.822. The molecule has 29 heteroatoms. The number of hydrogen-bond donors (Lipinski definition) is 6. The molecule has 418 valence electrons. The predicted molar refractivity (Wildman–Crippen MR) is 258 cm³/mol. The maximum Gasteiger partial charge on any atom is 0.274 e. The first-order chi connectivity index (χ1) is 34.5. The summed E-state index contributed by atoms with van der Waals surface area (Å²) in [6.07, 6.45) is 4.03. The van der Waals surface area contributed by atoms with Gasteiger partial charge in [-0.25, -0.2) is 19.3 Å². The highest BCUT2D eigenvalue weighted by atomic mass is 32.2. The number of thioether (sulfide) groups is 1. The Labute approximate surface area is 434 Å². The number of anilines is 1. The summed E-state index contributed by atoms with van der Waals surface area (Å²) in [6.45, 7) is 7.50. The van der Waals surface area contributed by atoms with Crippen molar-refractivity contribution in [1.29, 1.82) is 0 Å². The number of aliphatic hydroxyl groups is 3. The van der Waals surface area contributed by atoms with Crippen molar-refractivity contribution in [3.63, 3.8) is 0 Å². The van der Waals surface area contributed by atoms with Crippen LogP contribution in [0.15, 0.2) is 12.7 Å². The Morgan fingerprint density at radius 2 is 1.65 bits per heavy atom. The van der Waals surface area contributed by atoms with Crippen molar-refractivity contribution in [2.45, 2.75) is 148 Å². The van der Waals surface area contributed by atoms with Crippen LogP contribution in [0, 0.1) is 51.8 Å². The number of phosphoric acid groups is 3. The third kappa shape index (κ3) is 13.7. The van der Waals surface area contributed by atoms with Crippen LogP contribution in [-0.4, -0.2) is 114 Å². The van der Waals surface area contributed by atoms with Crippen LogP contribution in [0.25, 0.3) is 11.2 Å². The summed E-state index contributed by atoms with van der Waals surface area (Å²) < 4.78 is 61.1. The fourth-order valence-corrected chi connectivity index (χ4v) is 16.5. The molecule has 16 atom stereocenters. The molecule has 0 aromatic carbocycles. The summed E-state index contributed by atoms with van der Waals surface area (Å²) in [7, 11) is -17.6. The quantitative estimate of drug-likeness (QED) is 0.0679. The zero-order valence-electron chi connectivity index (χ0n) is 42.2. The molecule has 2 aromatic heterocycles. The van der Waals surface area contributed by atoms with Gasteiger partial charge in [0, 0.05) is 37.1 Å². The van der Waals surface area contributed by atoms with Crippen molar-refractivity contribution in [3.8, 4) is 0 Å². The Kier molecular flexibility index (Phi) is 18.8. The number of nitrogens with one attached hydrogen (secondary N) is 2. The number of amides is 2. The van der Waals surface area contributed by atoms with E-state index in [4.69, 9.17) is 10.5 Å². The highest BCUT2D eigenvalue weighted by Crippen LogP contribution is 2.68. The van der Waals surface area contributed by atoms with Gasteiger partial charge in [0.05, 0.1) is 33.5 Å². The van der Waals surface area contributed by atoms with Crippen molar-refractivity contribution in [2.24, 2.45) is 51.8 Å². The average Bonchev–Trinajstić information content (AvgIpc) is 4.00. The first kappa shape index (κ1) is 59.2. The summed E-state index contributed by atoms with van der Waals surface area (Å²) in [6, 6.07) is 0. The standard InChI is InChI=1S/C45H74N7O18P3S/c1-25(29-9-10-30-28-8-7-26-20-27(53)12-15-44(26,4)31(28)13-16-45(29,30)5)6-11-34(55)74-19-18-47-33(54)14-17-48-41(58)38(57)43(2,3)22-67-73(64,65)70-72(62,63)66-21-32-37(69-71(59,60)61)36(56)42(68-32)52-24-51-35-39(46)49-23-50-40(35)52/h23-32,36-38,42,53,56-57H,6-22H2,1-5H3,(H,47,54)(H,48,58)(H,62,63)(H,64,65)(H2,46,49,50)(H2,59,60,61)/p-4/t25-,26-,27-,28+,29-,30+,31+,32-,36-,37-,38+,42-,44+,45-/m1/s1. The van der Waals surface area contributed by atoms with E-state index in [1.807, 2.05) is 0 Å². The summed E-state index contributed by atoms with van der Waals surface area (Å²) in [5.41, 5.74) is 4.72. The van der Waals surface area contributed by atoms with Gasteiger partial charge < -0.3 is 74.1 Å². The molecule has 25 nitrogen and oxygen atoms in total. The van der Waals surface area contributed by atoms with Gasteiger partial charge in [-0.3, -0.25) is 28.1 Å². The third-order valence-corrected chi connectivity index (χ3v) is 20.9. The van der Waals surface area contributed by atoms with Crippen molar-refractivity contribution < 1.29 is 85.6 Å². The lowest BCUT2D eigenvalue weighted by atomic mass is 9.44. The van der Waals surface area contributed by atoms with E-state index in [2.05, 4.69) is 64.2 Å². The molecule has 5 aliphatic rings. The molecule has 7 rings (SSSR count). The van der Waals surface area contributed by atoms with Crippen LogP contribution >= 0.6 is 35.2 Å². The Morgan fingerprint density at radius 1 is 0.946 bits per heavy atom. The number of nitrogens with zero attached hydrogens (tertiary/aromatic N) is 4. The highest BCUT2D eigenvalue weighted by molar-refractivity contribution is 8.13. The third-order valence-electron chi connectivity index (χ3n) is 16.9. The second kappa shape index (κ2) is 23.5. The normalized spacial score (nSPS) is 33.6. The van der Waals surface area contributed by atoms with Gasteiger partial charge in [-0.05, 0) is 111 Å². The van der Waals surface area contributed by atoms with Crippen LogP contribution in [0.2, 0.25) is 0 Å². The van der Waals surface area contributed by atoms with Crippen LogP contribution in [0.3, 0.4) is 0 Å². The Balaban J connectivity index is 0.774. The van der Waals surface area contributed by atoms with E-state index in [9.17, 15) is 63.0 Å². The lowest BCUT2D eigenvalue weighted by molar-refractivity contribution is -0.347. The predicted octanol–water partition coefficient (Wildman–Crippen LogP) is 1.57. The number of nitrogen functional groups attached to an aromatic ring is 1. The number of ether oxygens (including phenoxy) is 1. The number of nitrogens with two attached hydrogens (primary N) is 1. The summed E-state index contributed by atoms with van der Waals surface area (Å²) in [5.74, 6) is 2.71. The highest BCUT2D eigenvalue weighted by Gasteiger charge is 2.60. The number of carbonyl (C=O) groups is 3. The molecule has 3 heterocycles. The number of carbonyl (C=O) groups excluding carboxylic acids is 3. The van der Waals surface area contributed by atoms with E-state index in [0.29, 0.717) is 35.3 Å². The number of hydrogen-bond acceptors (Lipinski definition) is 23. The number of imidazole rings is 1. The molecule has 4 aliphatic carbocycles. The molecule has 2 unspecified atom stereocenters. The van der Waals surface area contributed by atoms with E-state index in [1.165, 1.54) is 64.1 Å². The Bertz CT molecular complexity index is 2490. The van der Waals surface area contributed by atoms with E-state index < -0.39 is 84.6 Å². The van der Waals surface area contributed by atoms with Gasteiger partial charge in [0.15, 0.2) is 22.8 Å². The molecule has 4 saturated carbocycles. The summed E-state index contributed by atoms with van der Waals surface area (Å²) in [4.78, 5) is 98.2. The van der Waals surface area contributed by atoms with E-state index in [1.54, 1.807) is 0 Å². The molecule has 0 spiro atoms. The first-order valence-corrected chi connectivity index (χ1v) is 30.6. The molecule has 7 N–H and O–H groups in total. The Hall–Kier alpha value is -2.48. The number of fused-ring (bicyclic) bond motifs is 6. The second-order valence-electron chi connectivity index (χ2n) is 22.0. The summed E-state index contributed by atoms with van der Waals surface area (Å²) in [5, 5.41) is 37.1. The Morgan fingerprint density at radius 3 is 2.38 bits per heavy atom. The lowest BCUT2D eigenvalue weighted by Crippen LogP contribution is -2.54. The van der Waals surface area contributed by atoms with Gasteiger partial charge in [-0.15, -0.1) is 0 Å². The number of aromatic nitrogens is 4. The first-order valence-electron chi connectivity index (χ1n) is 25.2. The molecule has 2 amide bonds. The van der Waals surface area contributed by atoms with Crippen LogP contribution in [0.4, 0.5) is 5.82 Å². The fourth-order valence-electron chi connectivity index (χ4n) is 13.1. The summed E-state index contributed by atoms with van der Waals surface area (Å²) >= 11 is 1.17. The van der Waals surface area contributed by atoms with E-state index in [0.717, 1.165) is 60.7 Å². The van der Waals surface area contributed by atoms with Gasteiger partial charge >= 0.3 is 0 Å². The van der Waals surface area contributed by atoms with Crippen LogP contribution in [0.5, 0.6) is 0 Å². The van der Waals surface area contributed by atoms with E-state index in [-0.39, 0.29) is 53.1 Å². The van der Waals surface area contributed by atoms with E-state index >= 15 is 0 Å². The van der Waals surface area contributed by atoms with Crippen LogP contribution in [-0.2, 0) is 50.7 Å². The van der Waals surface area contributed by atoms with Gasteiger partial charge in [0.1, 0.15) is 36.3 Å². The zero-order chi connectivity index (χ0) is 54.2.